The summed E-state index contributed by atoms with van der Waals surface area (Å²) >= 11 is 1.20. The number of anilines is 1. The Morgan fingerprint density at radius 3 is 2.79 bits per heavy atom. The second-order valence-electron chi connectivity index (χ2n) is 5.72. The van der Waals surface area contributed by atoms with Crippen LogP contribution in [-0.4, -0.2) is 34.0 Å². The second kappa shape index (κ2) is 5.52. The molecule has 19 heavy (non-hydrogen) atoms. The highest BCUT2D eigenvalue weighted by Crippen LogP contribution is 2.24. The fraction of sp³-hybridized carbons (Fsp3) is 0.750. The minimum Gasteiger partial charge on any atom is -0.364 e. The Balaban J connectivity index is 1.94. The van der Waals surface area contributed by atoms with Gasteiger partial charge in [-0.1, -0.05) is 20.8 Å². The summed E-state index contributed by atoms with van der Waals surface area (Å²) in [5, 5.41) is 3.28. The van der Waals surface area contributed by atoms with Crippen molar-refractivity contribution in [2.45, 2.75) is 51.2 Å². The van der Waals surface area contributed by atoms with Crippen molar-refractivity contribution in [1.82, 2.24) is 9.36 Å². The molecule has 1 aliphatic heterocycles. The molecule has 1 fully saturated rings. The van der Waals surface area contributed by atoms with E-state index in [-0.39, 0.29) is 17.4 Å². The first kappa shape index (κ1) is 14.4. The van der Waals surface area contributed by atoms with Crippen molar-refractivity contribution in [2.75, 3.05) is 11.9 Å². The van der Waals surface area contributed by atoms with Gasteiger partial charge in [0.05, 0.1) is 6.10 Å². The molecule has 1 amide bonds. The average molecular weight is 284 g/mol. The van der Waals surface area contributed by atoms with Crippen LogP contribution < -0.4 is 11.1 Å². The highest BCUT2D eigenvalue weighted by atomic mass is 32.1. The summed E-state index contributed by atoms with van der Waals surface area (Å²) in [4.78, 5) is 16.3. The normalized spacial score (nSPS) is 23.6. The van der Waals surface area contributed by atoms with Gasteiger partial charge in [-0.2, -0.15) is 4.37 Å². The Kier molecular flexibility index (Phi) is 4.17. The SMILES string of the molecule is CC(C)(C)c1nsc(NC(=O)[C@@H]2CC[C@H](CN)O2)n1. The van der Waals surface area contributed by atoms with Gasteiger partial charge in [-0.25, -0.2) is 4.98 Å². The maximum absolute atomic E-state index is 12.0. The van der Waals surface area contributed by atoms with Gasteiger partial charge in [0.2, 0.25) is 5.13 Å². The fourth-order valence-corrected chi connectivity index (χ4v) is 2.60. The van der Waals surface area contributed by atoms with Gasteiger partial charge in [-0.05, 0) is 12.8 Å². The van der Waals surface area contributed by atoms with Crippen LogP contribution in [0.15, 0.2) is 0 Å². The predicted molar refractivity (Wildman–Crippen MR) is 74.2 cm³/mol. The molecule has 0 radical (unpaired) electrons. The quantitative estimate of drug-likeness (QED) is 0.872. The molecule has 3 N–H and O–H groups in total. The minimum absolute atomic E-state index is 0.00435. The number of hydrogen-bond acceptors (Lipinski definition) is 6. The van der Waals surface area contributed by atoms with E-state index in [0.717, 1.165) is 12.2 Å². The maximum Gasteiger partial charge on any atom is 0.255 e. The minimum atomic E-state index is -0.421. The van der Waals surface area contributed by atoms with Crippen LogP contribution in [-0.2, 0) is 14.9 Å². The van der Waals surface area contributed by atoms with Crippen molar-refractivity contribution < 1.29 is 9.53 Å². The molecule has 0 bridgehead atoms. The summed E-state index contributed by atoms with van der Waals surface area (Å²) in [6, 6.07) is 0. The van der Waals surface area contributed by atoms with Crippen LogP contribution in [0.25, 0.3) is 0 Å². The molecule has 7 heteroatoms. The van der Waals surface area contributed by atoms with Crippen LogP contribution in [0.1, 0.15) is 39.4 Å². The molecule has 0 unspecified atom stereocenters. The molecule has 106 valence electrons. The maximum atomic E-state index is 12.0. The first-order valence-electron chi connectivity index (χ1n) is 6.40. The van der Waals surface area contributed by atoms with E-state index >= 15 is 0 Å². The number of nitrogens with two attached hydrogens (primary N) is 1. The van der Waals surface area contributed by atoms with Gasteiger partial charge in [0.25, 0.3) is 5.91 Å². The van der Waals surface area contributed by atoms with E-state index in [1.54, 1.807) is 0 Å². The van der Waals surface area contributed by atoms with Crippen LogP contribution in [0.3, 0.4) is 0 Å². The molecule has 0 aromatic carbocycles. The molecule has 1 aromatic heterocycles. The number of nitrogens with one attached hydrogen (secondary N) is 1. The molecule has 0 aliphatic carbocycles. The Morgan fingerprint density at radius 2 is 2.26 bits per heavy atom. The molecule has 0 spiro atoms. The van der Waals surface area contributed by atoms with E-state index in [1.165, 1.54) is 11.5 Å². The number of amides is 1. The van der Waals surface area contributed by atoms with Gasteiger partial charge in [0.1, 0.15) is 11.9 Å². The van der Waals surface area contributed by atoms with Crippen molar-refractivity contribution in [3.05, 3.63) is 5.82 Å². The highest BCUT2D eigenvalue weighted by molar-refractivity contribution is 7.09. The third-order valence-electron chi connectivity index (χ3n) is 2.99. The second-order valence-corrected chi connectivity index (χ2v) is 6.47. The number of ether oxygens (including phenoxy) is 1. The first-order valence-corrected chi connectivity index (χ1v) is 7.18. The Bertz CT molecular complexity index is 455. The number of nitrogens with zero attached hydrogens (tertiary/aromatic N) is 2. The van der Waals surface area contributed by atoms with Crippen LogP contribution in [0.5, 0.6) is 0 Å². The lowest BCUT2D eigenvalue weighted by atomic mass is 9.96. The van der Waals surface area contributed by atoms with Gasteiger partial charge in [-0.15, -0.1) is 0 Å². The molecule has 1 aromatic rings. The number of carbonyl (C=O) groups is 1. The van der Waals surface area contributed by atoms with Crippen molar-refractivity contribution in [3.8, 4) is 0 Å². The molecular weight excluding hydrogens is 264 g/mol. The van der Waals surface area contributed by atoms with E-state index in [9.17, 15) is 4.79 Å². The molecule has 6 nitrogen and oxygen atoms in total. The topological polar surface area (TPSA) is 90.1 Å². The third kappa shape index (κ3) is 3.49. The number of rotatable bonds is 3. The number of hydrogen-bond donors (Lipinski definition) is 2. The van der Waals surface area contributed by atoms with E-state index < -0.39 is 6.10 Å². The van der Waals surface area contributed by atoms with Crippen molar-refractivity contribution in [3.63, 3.8) is 0 Å². The van der Waals surface area contributed by atoms with E-state index in [4.69, 9.17) is 10.5 Å². The molecule has 1 saturated heterocycles. The largest absolute Gasteiger partial charge is 0.364 e. The van der Waals surface area contributed by atoms with Crippen LogP contribution in [0, 0.1) is 0 Å². The molecule has 2 atom stereocenters. The van der Waals surface area contributed by atoms with Crippen molar-refractivity contribution in [2.24, 2.45) is 5.73 Å². The lowest BCUT2D eigenvalue weighted by Gasteiger charge is -2.12. The lowest BCUT2D eigenvalue weighted by Crippen LogP contribution is -2.29. The monoisotopic (exact) mass is 284 g/mol. The molecule has 0 saturated carbocycles. The zero-order chi connectivity index (χ0) is 14.0. The molecule has 2 heterocycles. The van der Waals surface area contributed by atoms with Gasteiger partial charge in [-0.3, -0.25) is 10.1 Å². The Labute approximate surface area is 116 Å². The van der Waals surface area contributed by atoms with Gasteiger partial charge < -0.3 is 10.5 Å². The summed E-state index contributed by atoms with van der Waals surface area (Å²) < 4.78 is 9.79. The smallest absolute Gasteiger partial charge is 0.255 e. The third-order valence-corrected chi connectivity index (χ3v) is 3.62. The Morgan fingerprint density at radius 1 is 1.53 bits per heavy atom. The number of carbonyl (C=O) groups excluding carboxylic acids is 1. The fourth-order valence-electron chi connectivity index (χ4n) is 1.84. The summed E-state index contributed by atoms with van der Waals surface area (Å²) in [7, 11) is 0. The first-order chi connectivity index (χ1) is 8.90. The Hall–Kier alpha value is -1.05. The van der Waals surface area contributed by atoms with E-state index in [0.29, 0.717) is 18.1 Å². The standard InChI is InChI=1S/C12H20N4O2S/c1-12(2,3)10-15-11(19-16-10)14-9(17)8-5-4-7(6-13)18-8/h7-8H,4-6,13H2,1-3H3,(H,14,15,16,17)/t7-,8+/m1/s1. The summed E-state index contributed by atoms with van der Waals surface area (Å²) in [6.07, 6.45) is 1.11. The number of aromatic nitrogens is 2. The van der Waals surface area contributed by atoms with Crippen molar-refractivity contribution >= 4 is 22.6 Å². The van der Waals surface area contributed by atoms with Gasteiger partial charge in [0, 0.05) is 23.5 Å². The zero-order valence-corrected chi connectivity index (χ0v) is 12.3. The highest BCUT2D eigenvalue weighted by Gasteiger charge is 2.30. The zero-order valence-electron chi connectivity index (χ0n) is 11.5. The van der Waals surface area contributed by atoms with E-state index in [1.807, 2.05) is 20.8 Å². The predicted octanol–water partition coefficient (Wildman–Crippen LogP) is 1.28. The van der Waals surface area contributed by atoms with Gasteiger partial charge in [0.15, 0.2) is 0 Å². The van der Waals surface area contributed by atoms with E-state index in [2.05, 4.69) is 14.7 Å². The molecule has 1 aliphatic rings. The van der Waals surface area contributed by atoms with Crippen LogP contribution in [0.4, 0.5) is 5.13 Å². The summed E-state index contributed by atoms with van der Waals surface area (Å²) in [5.41, 5.74) is 5.41. The van der Waals surface area contributed by atoms with Crippen molar-refractivity contribution in [1.29, 1.82) is 0 Å². The molecule has 2 rings (SSSR count). The van der Waals surface area contributed by atoms with Crippen LogP contribution in [0.2, 0.25) is 0 Å². The lowest BCUT2D eigenvalue weighted by molar-refractivity contribution is -0.126. The summed E-state index contributed by atoms with van der Waals surface area (Å²) in [6.45, 7) is 6.56. The van der Waals surface area contributed by atoms with Crippen LogP contribution >= 0.6 is 11.5 Å². The van der Waals surface area contributed by atoms with Gasteiger partial charge >= 0.3 is 0 Å². The molecular formula is C12H20N4O2S. The average Bonchev–Trinajstić information content (AvgIpc) is 2.95. The summed E-state index contributed by atoms with van der Waals surface area (Å²) in [5.74, 6) is 0.576.